The van der Waals surface area contributed by atoms with Gasteiger partial charge in [-0.1, -0.05) is 61.0 Å². The topological polar surface area (TPSA) is 43.9 Å². The largest absolute Gasteiger partial charge is 0.361 e. The molecule has 152 valence electrons. The molecule has 5 heteroatoms. The van der Waals surface area contributed by atoms with E-state index in [0.29, 0.717) is 0 Å². The number of benzene rings is 1. The Kier molecular flexibility index (Phi) is 5.13. The summed E-state index contributed by atoms with van der Waals surface area (Å²) in [4.78, 5) is 4.84. The van der Waals surface area contributed by atoms with Crippen molar-refractivity contribution in [3.05, 3.63) is 71.4 Å². The Labute approximate surface area is 178 Å². The molecule has 0 bridgehead atoms. The predicted molar refractivity (Wildman–Crippen MR) is 125 cm³/mol. The highest BCUT2D eigenvalue weighted by molar-refractivity contribution is 6.83. The van der Waals surface area contributed by atoms with E-state index in [9.17, 15) is 0 Å². The van der Waals surface area contributed by atoms with Gasteiger partial charge in [-0.15, -0.1) is 5.54 Å². The summed E-state index contributed by atoms with van der Waals surface area (Å²) in [7, 11) is -1.50. The van der Waals surface area contributed by atoms with Gasteiger partial charge in [0.25, 0.3) is 0 Å². The van der Waals surface area contributed by atoms with E-state index >= 15 is 0 Å². The van der Waals surface area contributed by atoms with Crippen LogP contribution in [0, 0.1) is 25.3 Å². The maximum Gasteiger partial charge on any atom is 0.141 e. The smallest absolute Gasteiger partial charge is 0.141 e. The maximum atomic E-state index is 5.39. The van der Waals surface area contributed by atoms with Gasteiger partial charge in [-0.3, -0.25) is 4.98 Å². The van der Waals surface area contributed by atoms with Crippen LogP contribution < -0.4 is 0 Å². The Morgan fingerprint density at radius 3 is 2.47 bits per heavy atom. The van der Waals surface area contributed by atoms with Gasteiger partial charge in [-0.05, 0) is 32.4 Å². The molecule has 0 spiro atoms. The molecule has 30 heavy (non-hydrogen) atoms. The van der Waals surface area contributed by atoms with Crippen LogP contribution in [0.2, 0.25) is 19.6 Å². The maximum absolute atomic E-state index is 5.39. The fourth-order valence-corrected chi connectivity index (χ4v) is 4.23. The summed E-state index contributed by atoms with van der Waals surface area (Å²) in [6, 6.07) is 12.9. The second-order valence-corrected chi connectivity index (χ2v) is 13.6. The Morgan fingerprint density at radius 2 is 1.83 bits per heavy atom. The number of hydrogen-bond acceptors (Lipinski definition) is 3. The van der Waals surface area contributed by atoms with Gasteiger partial charge in [0.2, 0.25) is 0 Å². The number of hydrogen-bond donors (Lipinski definition) is 0. The van der Waals surface area contributed by atoms with E-state index in [1.165, 1.54) is 5.56 Å². The molecule has 4 rings (SSSR count). The van der Waals surface area contributed by atoms with Crippen LogP contribution in [0.15, 0.2) is 53.3 Å². The molecule has 3 aromatic heterocycles. The van der Waals surface area contributed by atoms with Crippen molar-refractivity contribution in [2.45, 2.75) is 46.5 Å². The summed E-state index contributed by atoms with van der Waals surface area (Å²) in [5.41, 5.74) is 10.7. The van der Waals surface area contributed by atoms with Crippen molar-refractivity contribution in [2.24, 2.45) is 0 Å². The van der Waals surface area contributed by atoms with E-state index in [-0.39, 0.29) is 6.04 Å². The van der Waals surface area contributed by atoms with Crippen LogP contribution in [-0.2, 0) is 0 Å². The molecular formula is C25H27N3OSi. The number of fused-ring (bicyclic) bond motifs is 1. The van der Waals surface area contributed by atoms with E-state index in [1.807, 2.05) is 26.1 Å². The van der Waals surface area contributed by atoms with Crippen molar-refractivity contribution in [1.29, 1.82) is 0 Å². The number of nitrogens with zero attached hydrogens (tertiary/aromatic N) is 3. The standard InChI is InChI=1S/C25H27N3OSi/c1-17-24(19(3)29-27-17)22-14-23-25(26-15-22)21(12-13-30(4,5)6)16-28(23)18(2)20-10-8-7-9-11-20/h7-11,14-16,18H,1-6H3. The zero-order chi connectivity index (χ0) is 21.5. The zero-order valence-corrected chi connectivity index (χ0v) is 19.4. The fraction of sp³-hybridized carbons (Fsp3) is 0.280. The summed E-state index contributed by atoms with van der Waals surface area (Å²) < 4.78 is 7.67. The first-order valence-electron chi connectivity index (χ1n) is 10.3. The van der Waals surface area contributed by atoms with Crippen molar-refractivity contribution in [1.82, 2.24) is 14.7 Å². The van der Waals surface area contributed by atoms with E-state index in [0.717, 1.165) is 39.2 Å². The summed E-state index contributed by atoms with van der Waals surface area (Å²) in [6.07, 6.45) is 4.06. The lowest BCUT2D eigenvalue weighted by Gasteiger charge is -2.16. The summed E-state index contributed by atoms with van der Waals surface area (Å²) in [5, 5.41) is 4.11. The normalized spacial score (nSPS) is 12.6. The highest BCUT2D eigenvalue weighted by atomic mass is 28.3. The van der Waals surface area contributed by atoms with Crippen molar-refractivity contribution < 1.29 is 4.52 Å². The monoisotopic (exact) mass is 413 g/mol. The molecule has 0 saturated carbocycles. The van der Waals surface area contributed by atoms with Gasteiger partial charge in [0.15, 0.2) is 0 Å². The molecule has 0 amide bonds. The predicted octanol–water partition coefficient (Wildman–Crippen LogP) is 6.15. The minimum absolute atomic E-state index is 0.165. The van der Waals surface area contributed by atoms with Crippen LogP contribution in [0.5, 0.6) is 0 Å². The highest BCUT2D eigenvalue weighted by Gasteiger charge is 2.18. The molecule has 1 atom stereocenters. The average Bonchev–Trinajstić information content (AvgIpc) is 3.25. The third-order valence-corrected chi connectivity index (χ3v) is 6.14. The molecule has 3 heterocycles. The molecule has 0 saturated heterocycles. The van der Waals surface area contributed by atoms with Gasteiger partial charge in [0, 0.05) is 23.5 Å². The van der Waals surface area contributed by atoms with Gasteiger partial charge in [0.1, 0.15) is 19.4 Å². The summed E-state index contributed by atoms with van der Waals surface area (Å²) in [6.45, 7) is 12.9. The SMILES string of the molecule is Cc1noc(C)c1-c1cnc2c(C#C[Si](C)(C)C)cn(C(C)c3ccccc3)c2c1. The van der Waals surface area contributed by atoms with Crippen LogP contribution in [0.1, 0.15) is 35.5 Å². The molecule has 0 fully saturated rings. The third kappa shape index (κ3) is 3.83. The summed E-state index contributed by atoms with van der Waals surface area (Å²) >= 11 is 0. The second-order valence-electron chi connectivity index (χ2n) is 8.83. The lowest BCUT2D eigenvalue weighted by Crippen LogP contribution is -2.16. The number of aryl methyl sites for hydroxylation is 2. The molecule has 0 aliphatic heterocycles. The Morgan fingerprint density at radius 1 is 1.10 bits per heavy atom. The minimum Gasteiger partial charge on any atom is -0.361 e. The Balaban J connectivity index is 1.94. The van der Waals surface area contributed by atoms with Crippen molar-refractivity contribution >= 4 is 19.1 Å². The van der Waals surface area contributed by atoms with E-state index in [1.54, 1.807) is 0 Å². The molecular weight excluding hydrogens is 386 g/mol. The van der Waals surface area contributed by atoms with Gasteiger partial charge in [-0.2, -0.15) is 0 Å². The lowest BCUT2D eigenvalue weighted by atomic mass is 10.1. The van der Waals surface area contributed by atoms with E-state index in [2.05, 4.69) is 84.3 Å². The average molecular weight is 414 g/mol. The quantitative estimate of drug-likeness (QED) is 0.299. The minimum atomic E-state index is -1.50. The molecule has 1 aromatic carbocycles. The van der Waals surface area contributed by atoms with Crippen LogP contribution >= 0.6 is 0 Å². The Hall–Kier alpha value is -3.10. The number of aromatic nitrogens is 3. The highest BCUT2D eigenvalue weighted by Crippen LogP contribution is 2.32. The molecule has 4 nitrogen and oxygen atoms in total. The first kappa shape index (κ1) is 20.2. The Bertz CT molecular complexity index is 1250. The molecule has 0 aliphatic carbocycles. The molecule has 4 aromatic rings. The van der Waals surface area contributed by atoms with Crippen LogP contribution in [0.3, 0.4) is 0 Å². The molecule has 0 aliphatic rings. The van der Waals surface area contributed by atoms with Crippen molar-refractivity contribution in [3.8, 4) is 22.6 Å². The first-order valence-corrected chi connectivity index (χ1v) is 13.8. The lowest BCUT2D eigenvalue weighted by molar-refractivity contribution is 0.393. The van der Waals surface area contributed by atoms with Crippen molar-refractivity contribution in [2.75, 3.05) is 0 Å². The van der Waals surface area contributed by atoms with Crippen LogP contribution in [-0.4, -0.2) is 22.8 Å². The number of rotatable bonds is 3. The fourth-order valence-electron chi connectivity index (χ4n) is 3.72. The van der Waals surface area contributed by atoms with Crippen LogP contribution in [0.4, 0.5) is 0 Å². The molecule has 0 radical (unpaired) electrons. The van der Waals surface area contributed by atoms with Gasteiger partial charge in [-0.25, -0.2) is 0 Å². The third-order valence-electron chi connectivity index (χ3n) is 5.26. The van der Waals surface area contributed by atoms with Gasteiger partial charge in [0.05, 0.1) is 22.8 Å². The number of pyridine rings is 1. The van der Waals surface area contributed by atoms with E-state index < -0.39 is 8.07 Å². The van der Waals surface area contributed by atoms with Gasteiger partial charge >= 0.3 is 0 Å². The second kappa shape index (κ2) is 7.62. The zero-order valence-electron chi connectivity index (χ0n) is 18.4. The van der Waals surface area contributed by atoms with Crippen LogP contribution in [0.25, 0.3) is 22.2 Å². The van der Waals surface area contributed by atoms with Gasteiger partial charge < -0.3 is 9.09 Å². The summed E-state index contributed by atoms with van der Waals surface area (Å²) in [5.74, 6) is 4.24. The molecule has 0 N–H and O–H groups in total. The first-order chi connectivity index (χ1) is 14.2. The van der Waals surface area contributed by atoms with Crippen molar-refractivity contribution in [3.63, 3.8) is 0 Å². The molecule has 1 unspecified atom stereocenters. The van der Waals surface area contributed by atoms with E-state index in [4.69, 9.17) is 9.51 Å².